The van der Waals surface area contributed by atoms with Crippen molar-refractivity contribution < 1.29 is 17.5 Å². The summed E-state index contributed by atoms with van der Waals surface area (Å²) in [6.45, 7) is 5.81. The Labute approximate surface area is 198 Å². The van der Waals surface area contributed by atoms with Gasteiger partial charge < -0.3 is 4.74 Å². The van der Waals surface area contributed by atoms with Gasteiger partial charge in [-0.1, -0.05) is 68.4 Å². The Kier molecular flexibility index (Phi) is 6.61. The first kappa shape index (κ1) is 23.4. The predicted molar refractivity (Wildman–Crippen MR) is 130 cm³/mol. The summed E-state index contributed by atoms with van der Waals surface area (Å²) in [6.07, 6.45) is 0. The smallest absolute Gasteiger partial charge is 0.264 e. The van der Waals surface area contributed by atoms with Crippen molar-refractivity contribution in [1.29, 1.82) is 0 Å². The van der Waals surface area contributed by atoms with Crippen LogP contribution in [0, 0.1) is 12.7 Å². The number of aryl methyl sites for hydroxylation is 1. The second-order valence-corrected chi connectivity index (χ2v) is 9.71. The molecule has 4 aromatic rings. The van der Waals surface area contributed by atoms with Gasteiger partial charge in [0.1, 0.15) is 0 Å². The van der Waals surface area contributed by atoms with Crippen LogP contribution in [0.25, 0.3) is 11.3 Å². The van der Waals surface area contributed by atoms with Crippen LogP contribution in [-0.4, -0.2) is 18.4 Å². The summed E-state index contributed by atoms with van der Waals surface area (Å²) in [7, 11) is -3.97. The van der Waals surface area contributed by atoms with Gasteiger partial charge in [0.15, 0.2) is 11.6 Å². The number of rotatable bonds is 7. The van der Waals surface area contributed by atoms with Gasteiger partial charge in [-0.3, -0.25) is 0 Å². The number of ether oxygens (including phenoxy) is 1. The minimum atomic E-state index is -3.97. The van der Waals surface area contributed by atoms with E-state index in [-0.39, 0.29) is 28.4 Å². The lowest BCUT2D eigenvalue weighted by Gasteiger charge is -2.15. The summed E-state index contributed by atoms with van der Waals surface area (Å²) in [4.78, 5) is 8.81. The van der Waals surface area contributed by atoms with E-state index in [0.717, 1.165) is 11.1 Å². The van der Waals surface area contributed by atoms with Crippen molar-refractivity contribution in [2.24, 2.45) is 0 Å². The highest BCUT2D eigenvalue weighted by Crippen LogP contribution is 2.32. The summed E-state index contributed by atoms with van der Waals surface area (Å²) >= 11 is 0. The number of aromatic nitrogens is 2. The zero-order chi connectivity index (χ0) is 24.3. The normalized spacial score (nSPS) is 11.4. The number of halogens is 1. The Morgan fingerprint density at radius 1 is 0.912 bits per heavy atom. The number of anilines is 1. The van der Waals surface area contributed by atoms with Crippen molar-refractivity contribution >= 4 is 16.0 Å². The van der Waals surface area contributed by atoms with E-state index in [0.29, 0.717) is 11.3 Å². The summed E-state index contributed by atoms with van der Waals surface area (Å²) in [5, 5.41) is 0. The molecule has 0 aliphatic heterocycles. The van der Waals surface area contributed by atoms with Crippen LogP contribution in [0.5, 0.6) is 11.6 Å². The number of nitrogens with one attached hydrogen (secondary N) is 1. The molecule has 1 heterocycles. The van der Waals surface area contributed by atoms with E-state index in [1.165, 1.54) is 18.2 Å². The van der Waals surface area contributed by atoms with E-state index >= 15 is 0 Å². The van der Waals surface area contributed by atoms with Gasteiger partial charge in [0.25, 0.3) is 10.0 Å². The second kappa shape index (κ2) is 9.61. The maximum Gasteiger partial charge on any atom is 0.264 e. The molecule has 0 unspecified atom stereocenters. The molecule has 0 radical (unpaired) electrons. The molecule has 0 fully saturated rings. The predicted octanol–water partition coefficient (Wildman–Crippen LogP) is 6.31. The first-order valence-corrected chi connectivity index (χ1v) is 12.2. The van der Waals surface area contributed by atoms with Crippen molar-refractivity contribution in [1.82, 2.24) is 9.97 Å². The molecule has 4 rings (SSSR count). The van der Waals surface area contributed by atoms with Crippen LogP contribution >= 0.6 is 0 Å². The molecular formula is C26H24FN3O3S. The Bertz CT molecular complexity index is 1440. The van der Waals surface area contributed by atoms with Gasteiger partial charge in [0.2, 0.25) is 11.8 Å². The summed E-state index contributed by atoms with van der Waals surface area (Å²) in [5.74, 6) is -0.569. The van der Waals surface area contributed by atoms with E-state index in [1.54, 1.807) is 43.3 Å². The van der Waals surface area contributed by atoms with Gasteiger partial charge in [-0.25, -0.2) is 22.5 Å². The van der Waals surface area contributed by atoms with Gasteiger partial charge in [0, 0.05) is 11.6 Å². The van der Waals surface area contributed by atoms with Crippen molar-refractivity contribution in [3.05, 3.63) is 95.8 Å². The number of hydrogen-bond acceptors (Lipinski definition) is 5. The topological polar surface area (TPSA) is 81.2 Å². The molecule has 8 heteroatoms. The van der Waals surface area contributed by atoms with Gasteiger partial charge in [-0.05, 0) is 42.2 Å². The summed E-state index contributed by atoms with van der Waals surface area (Å²) in [6, 6.07) is 21.8. The van der Waals surface area contributed by atoms with Crippen LogP contribution < -0.4 is 9.46 Å². The zero-order valence-electron chi connectivity index (χ0n) is 19.0. The number of sulfonamides is 1. The van der Waals surface area contributed by atoms with E-state index in [4.69, 9.17) is 4.74 Å². The molecule has 3 aromatic carbocycles. The Balaban J connectivity index is 1.82. The Morgan fingerprint density at radius 2 is 1.59 bits per heavy atom. The van der Waals surface area contributed by atoms with Crippen molar-refractivity contribution in [2.75, 3.05) is 4.72 Å². The van der Waals surface area contributed by atoms with Gasteiger partial charge >= 0.3 is 0 Å². The van der Waals surface area contributed by atoms with E-state index < -0.39 is 15.8 Å². The maximum absolute atomic E-state index is 14.2. The van der Waals surface area contributed by atoms with Crippen molar-refractivity contribution in [2.45, 2.75) is 31.6 Å². The number of hydrogen-bond donors (Lipinski definition) is 1. The highest BCUT2D eigenvalue weighted by Gasteiger charge is 2.20. The monoisotopic (exact) mass is 477 g/mol. The Morgan fingerprint density at radius 3 is 2.32 bits per heavy atom. The average Bonchev–Trinajstić information content (AvgIpc) is 2.80. The lowest BCUT2D eigenvalue weighted by molar-refractivity contribution is 0.427. The molecule has 1 aromatic heterocycles. The fourth-order valence-electron chi connectivity index (χ4n) is 3.57. The SMILES string of the molecule is Cc1ccccc1S(=O)(=O)Nc1nc(Oc2ccccc2F)cc(-c2ccccc2C(C)C)n1. The fraction of sp³-hybridized carbons (Fsp3) is 0.154. The molecule has 0 saturated carbocycles. The quantitative estimate of drug-likeness (QED) is 0.337. The molecular weight excluding hydrogens is 453 g/mol. The number of para-hydroxylation sites is 1. The molecule has 0 aliphatic carbocycles. The fourth-order valence-corrected chi connectivity index (χ4v) is 4.76. The van der Waals surface area contributed by atoms with Crippen LogP contribution in [0.1, 0.15) is 30.9 Å². The van der Waals surface area contributed by atoms with E-state index in [1.807, 2.05) is 24.3 Å². The minimum Gasteiger partial charge on any atom is -0.436 e. The van der Waals surface area contributed by atoms with Crippen LogP contribution in [0.2, 0.25) is 0 Å². The lowest BCUT2D eigenvalue weighted by atomic mass is 9.95. The van der Waals surface area contributed by atoms with E-state index in [9.17, 15) is 12.8 Å². The van der Waals surface area contributed by atoms with Crippen LogP contribution in [0.15, 0.2) is 83.8 Å². The van der Waals surface area contributed by atoms with Gasteiger partial charge in [-0.15, -0.1) is 0 Å². The molecule has 0 atom stereocenters. The second-order valence-electron chi connectivity index (χ2n) is 8.06. The van der Waals surface area contributed by atoms with Crippen molar-refractivity contribution in [3.63, 3.8) is 0 Å². The molecule has 34 heavy (non-hydrogen) atoms. The number of nitrogens with zero attached hydrogens (tertiary/aromatic N) is 2. The molecule has 0 spiro atoms. The highest BCUT2D eigenvalue weighted by atomic mass is 32.2. The summed E-state index contributed by atoms with van der Waals surface area (Å²) in [5.41, 5.74) is 2.85. The minimum absolute atomic E-state index is 0.0103. The van der Waals surface area contributed by atoms with Crippen LogP contribution in [-0.2, 0) is 10.0 Å². The first-order chi connectivity index (χ1) is 16.2. The van der Waals surface area contributed by atoms with Gasteiger partial charge in [-0.2, -0.15) is 4.98 Å². The third-order valence-electron chi connectivity index (χ3n) is 5.22. The molecule has 0 saturated heterocycles. The maximum atomic E-state index is 14.2. The van der Waals surface area contributed by atoms with Crippen LogP contribution in [0.4, 0.5) is 10.3 Å². The molecule has 6 nitrogen and oxygen atoms in total. The largest absolute Gasteiger partial charge is 0.436 e. The number of benzene rings is 3. The third-order valence-corrected chi connectivity index (χ3v) is 6.71. The third kappa shape index (κ3) is 5.07. The standard InChI is InChI=1S/C26H24FN3O3S/c1-17(2)19-11-5-6-12-20(19)22-16-25(33-23-14-8-7-13-21(23)27)29-26(28-22)30-34(31,32)24-15-9-4-10-18(24)3/h4-17H,1-3H3,(H,28,29,30). The molecule has 1 N–H and O–H groups in total. The lowest BCUT2D eigenvalue weighted by Crippen LogP contribution is -2.16. The van der Waals surface area contributed by atoms with Crippen LogP contribution in [0.3, 0.4) is 0 Å². The Hall–Kier alpha value is -3.78. The highest BCUT2D eigenvalue weighted by molar-refractivity contribution is 7.92. The molecule has 0 bridgehead atoms. The van der Waals surface area contributed by atoms with Gasteiger partial charge in [0.05, 0.1) is 10.6 Å². The summed E-state index contributed by atoms with van der Waals surface area (Å²) < 4.78 is 48.5. The van der Waals surface area contributed by atoms with Crippen molar-refractivity contribution in [3.8, 4) is 22.9 Å². The molecule has 0 aliphatic rings. The molecule has 174 valence electrons. The average molecular weight is 478 g/mol. The molecule has 0 amide bonds. The zero-order valence-corrected chi connectivity index (χ0v) is 19.8. The van der Waals surface area contributed by atoms with E-state index in [2.05, 4.69) is 28.5 Å². The first-order valence-electron chi connectivity index (χ1n) is 10.7.